The van der Waals surface area contributed by atoms with E-state index < -0.39 is 45.3 Å². The molecular formula is C40H56F2O9. The lowest BCUT2D eigenvalue weighted by Gasteiger charge is -2.65. The van der Waals surface area contributed by atoms with Gasteiger partial charge in [-0.05, 0) is 144 Å². The largest absolute Gasteiger partial charge is 0.464 e. The highest BCUT2D eigenvalue weighted by Crippen LogP contribution is 2.66. The van der Waals surface area contributed by atoms with Gasteiger partial charge in [0.15, 0.2) is 5.79 Å². The molecule has 6 unspecified atom stereocenters. The molecule has 2 N–H and O–H groups in total. The monoisotopic (exact) mass is 718 g/mol. The molecule has 51 heavy (non-hydrogen) atoms. The third-order valence-corrected chi connectivity index (χ3v) is 16.1. The standard InChI is InChI=1S/C40H56F2O9/c1-33(41,42)31(43)51-39-14-24-4-29(15-39)40(30(5-24)16-39)49-22-35(23-50-40,20-47-19-34-6-25-2-26(7-34)11-37(45,10-25)17-34)21-48-32(44)36-8-27-3-28(9-36)13-38(46,12-27)18-36/h24-30,45-46H,2-23H2,1H3. The molecule has 12 saturated carbocycles. The third kappa shape index (κ3) is 5.49. The molecule has 0 radical (unpaired) electrons. The van der Waals surface area contributed by atoms with Crippen molar-refractivity contribution < 1.29 is 52.3 Å². The van der Waals surface area contributed by atoms with Crippen molar-refractivity contribution in [1.82, 2.24) is 0 Å². The van der Waals surface area contributed by atoms with Gasteiger partial charge in [0.05, 0.1) is 48.5 Å². The summed E-state index contributed by atoms with van der Waals surface area (Å²) in [6.45, 7) is 2.05. The molecule has 12 aliphatic carbocycles. The first-order chi connectivity index (χ1) is 24.0. The number of aliphatic hydroxyl groups is 2. The quantitative estimate of drug-likeness (QED) is 0.289. The van der Waals surface area contributed by atoms with Crippen molar-refractivity contribution in [3.05, 3.63) is 0 Å². The summed E-state index contributed by atoms with van der Waals surface area (Å²) in [5.74, 6) is -4.22. The molecule has 11 heteroatoms. The molecule has 0 aromatic carbocycles. The normalized spacial score (nSPS) is 54.3. The summed E-state index contributed by atoms with van der Waals surface area (Å²) in [6, 6.07) is 0. The van der Waals surface area contributed by atoms with Gasteiger partial charge < -0.3 is 33.9 Å². The van der Waals surface area contributed by atoms with E-state index in [0.29, 0.717) is 69.5 Å². The fraction of sp³-hybridized carbons (Fsp3) is 0.950. The average Bonchev–Trinajstić information content (AvgIpc) is 3.00. The molecule has 13 rings (SSSR count). The molecular weight excluding hydrogens is 662 g/mol. The number of hydrogen-bond acceptors (Lipinski definition) is 9. The zero-order chi connectivity index (χ0) is 35.3. The van der Waals surface area contributed by atoms with Gasteiger partial charge in [0.25, 0.3) is 0 Å². The highest BCUT2D eigenvalue weighted by Gasteiger charge is 2.68. The van der Waals surface area contributed by atoms with E-state index in [4.69, 9.17) is 23.7 Å². The Morgan fingerprint density at radius 1 is 0.706 bits per heavy atom. The zero-order valence-electron chi connectivity index (χ0n) is 30.1. The van der Waals surface area contributed by atoms with Crippen molar-refractivity contribution in [2.75, 3.05) is 33.0 Å². The second-order valence-electron chi connectivity index (χ2n) is 20.8. The Labute approximate surface area is 299 Å². The zero-order valence-corrected chi connectivity index (χ0v) is 30.1. The Balaban J connectivity index is 0.862. The van der Waals surface area contributed by atoms with Crippen LogP contribution in [0.25, 0.3) is 0 Å². The lowest BCUT2D eigenvalue weighted by molar-refractivity contribution is -0.398. The van der Waals surface area contributed by atoms with Crippen LogP contribution in [0.3, 0.4) is 0 Å². The van der Waals surface area contributed by atoms with E-state index in [2.05, 4.69) is 0 Å². The van der Waals surface area contributed by atoms with E-state index in [1.165, 1.54) is 6.42 Å². The minimum Gasteiger partial charge on any atom is -0.464 e. The number of esters is 2. The maximum Gasteiger partial charge on any atom is 0.377 e. The lowest BCUT2D eigenvalue weighted by Crippen LogP contribution is -2.69. The number of rotatable bonds is 9. The first-order valence-corrected chi connectivity index (χ1v) is 20.1. The molecule has 6 atom stereocenters. The fourth-order valence-electron chi connectivity index (χ4n) is 15.4. The van der Waals surface area contributed by atoms with Crippen LogP contribution in [0.4, 0.5) is 8.78 Å². The van der Waals surface area contributed by atoms with Gasteiger partial charge >= 0.3 is 17.9 Å². The van der Waals surface area contributed by atoms with Gasteiger partial charge in [-0.1, -0.05) is 0 Å². The number of carbonyl (C=O) groups excluding carboxylic acids is 2. The number of alkyl halides is 2. The number of hydrogen-bond donors (Lipinski definition) is 2. The summed E-state index contributed by atoms with van der Waals surface area (Å²) in [6.07, 6.45) is 13.7. The molecule has 9 nitrogen and oxygen atoms in total. The molecule has 13 aliphatic rings. The molecule has 1 saturated heterocycles. The summed E-state index contributed by atoms with van der Waals surface area (Å²) < 4.78 is 60.2. The van der Waals surface area contributed by atoms with Crippen LogP contribution in [0.15, 0.2) is 0 Å². The summed E-state index contributed by atoms with van der Waals surface area (Å²) >= 11 is 0. The van der Waals surface area contributed by atoms with Crippen molar-refractivity contribution in [2.45, 2.75) is 145 Å². The van der Waals surface area contributed by atoms with E-state index >= 15 is 0 Å². The first kappa shape index (κ1) is 34.1. The summed E-state index contributed by atoms with van der Waals surface area (Å²) in [4.78, 5) is 26.4. The fourth-order valence-corrected chi connectivity index (χ4v) is 15.4. The van der Waals surface area contributed by atoms with E-state index in [1.807, 2.05) is 0 Å². The van der Waals surface area contributed by atoms with Crippen molar-refractivity contribution in [3.8, 4) is 0 Å². The summed E-state index contributed by atoms with van der Waals surface area (Å²) in [5.41, 5.74) is -3.69. The van der Waals surface area contributed by atoms with Gasteiger partial charge in [0.2, 0.25) is 0 Å². The Bertz CT molecular complexity index is 1420. The molecule has 0 amide bonds. The first-order valence-electron chi connectivity index (χ1n) is 20.1. The van der Waals surface area contributed by atoms with Crippen LogP contribution in [0.5, 0.6) is 0 Å². The van der Waals surface area contributed by atoms with E-state index in [-0.39, 0.29) is 49.0 Å². The molecule has 0 aromatic rings. The van der Waals surface area contributed by atoms with Gasteiger partial charge in [-0.3, -0.25) is 4.79 Å². The Hall–Kier alpha value is -1.40. The van der Waals surface area contributed by atoms with Crippen LogP contribution in [0.1, 0.15) is 116 Å². The molecule has 0 aromatic heterocycles. The summed E-state index contributed by atoms with van der Waals surface area (Å²) in [5, 5.41) is 22.7. The molecule has 1 spiro atoms. The van der Waals surface area contributed by atoms with Crippen molar-refractivity contribution in [3.63, 3.8) is 0 Å². The predicted molar refractivity (Wildman–Crippen MR) is 176 cm³/mol. The van der Waals surface area contributed by atoms with Crippen LogP contribution in [0, 0.1) is 57.7 Å². The molecule has 1 aliphatic heterocycles. The second kappa shape index (κ2) is 10.9. The Morgan fingerprint density at radius 2 is 1.27 bits per heavy atom. The van der Waals surface area contributed by atoms with Crippen molar-refractivity contribution >= 4 is 11.9 Å². The van der Waals surface area contributed by atoms with E-state index in [1.54, 1.807) is 0 Å². The van der Waals surface area contributed by atoms with Crippen LogP contribution in [-0.2, 0) is 33.3 Å². The van der Waals surface area contributed by atoms with Crippen molar-refractivity contribution in [1.29, 1.82) is 0 Å². The highest BCUT2D eigenvalue weighted by atomic mass is 19.3. The maximum atomic E-state index is 14.1. The number of halogens is 2. The van der Waals surface area contributed by atoms with Crippen LogP contribution < -0.4 is 0 Å². The lowest BCUT2D eigenvalue weighted by atomic mass is 9.48. The Morgan fingerprint density at radius 3 is 1.82 bits per heavy atom. The Kier molecular flexibility index (Phi) is 7.28. The van der Waals surface area contributed by atoms with E-state index in [0.717, 1.165) is 77.0 Å². The minimum absolute atomic E-state index is 0.0363. The van der Waals surface area contributed by atoms with Gasteiger partial charge in [0.1, 0.15) is 12.2 Å². The maximum absolute atomic E-state index is 14.1. The van der Waals surface area contributed by atoms with Crippen LogP contribution in [0.2, 0.25) is 0 Å². The molecule has 284 valence electrons. The van der Waals surface area contributed by atoms with Gasteiger partial charge in [-0.2, -0.15) is 8.78 Å². The smallest absolute Gasteiger partial charge is 0.377 e. The van der Waals surface area contributed by atoms with Gasteiger partial charge in [0, 0.05) is 18.8 Å². The second-order valence-corrected chi connectivity index (χ2v) is 20.8. The number of ether oxygens (including phenoxy) is 5. The summed E-state index contributed by atoms with van der Waals surface area (Å²) in [7, 11) is 0. The number of carbonyl (C=O) groups is 2. The third-order valence-electron chi connectivity index (χ3n) is 16.1. The molecule has 12 bridgehead atoms. The SMILES string of the molecule is CC(F)(F)C(=O)OC12CC3CC(C1)C1(OCC(COCC45CC6CC(CC(O)(C6)C4)C5)(COC(=O)C45CC6CC(CC(O)(C6)C4)C5)CO1)C(C3)C2. The van der Waals surface area contributed by atoms with Crippen LogP contribution in [-0.4, -0.2) is 83.7 Å². The topological polar surface area (TPSA) is 121 Å². The van der Waals surface area contributed by atoms with E-state index in [9.17, 15) is 28.6 Å². The predicted octanol–water partition coefficient (Wildman–Crippen LogP) is 5.72. The van der Waals surface area contributed by atoms with Crippen molar-refractivity contribution in [2.24, 2.45) is 57.7 Å². The molecule has 1 heterocycles. The molecule has 13 fully saturated rings. The van der Waals surface area contributed by atoms with Gasteiger partial charge in [-0.15, -0.1) is 0 Å². The van der Waals surface area contributed by atoms with Crippen LogP contribution >= 0.6 is 0 Å². The highest BCUT2D eigenvalue weighted by molar-refractivity contribution is 5.78. The van der Waals surface area contributed by atoms with Gasteiger partial charge in [-0.25, -0.2) is 4.79 Å². The minimum atomic E-state index is -3.54. The average molecular weight is 719 g/mol.